The van der Waals surface area contributed by atoms with Crippen molar-refractivity contribution >= 4 is 64.1 Å². The van der Waals surface area contributed by atoms with E-state index in [9.17, 15) is 24.3 Å². The van der Waals surface area contributed by atoms with Crippen LogP contribution < -0.4 is 9.61 Å². The normalized spacial score (nSPS) is 29.5. The maximum Gasteiger partial charge on any atom is 0.327 e. The predicted octanol–water partition coefficient (Wildman–Crippen LogP) is 5.90. The lowest BCUT2D eigenvalue weighted by Gasteiger charge is -2.43. The molecule has 2 N–H and O–H groups in total. The van der Waals surface area contributed by atoms with Crippen LogP contribution in [0.1, 0.15) is 42.2 Å². The van der Waals surface area contributed by atoms with Crippen LogP contribution in [0, 0.1) is 35.5 Å². The first-order chi connectivity index (χ1) is 20.5. The van der Waals surface area contributed by atoms with Crippen molar-refractivity contribution in [1.29, 1.82) is 0 Å². The summed E-state index contributed by atoms with van der Waals surface area (Å²) in [6.07, 6.45) is 0.694. The largest absolute Gasteiger partial charge is 0.489 e. The van der Waals surface area contributed by atoms with Gasteiger partial charge >= 0.3 is 10.8 Å². The van der Waals surface area contributed by atoms with E-state index in [1.165, 1.54) is 0 Å². The Hall–Kier alpha value is -2.79. The van der Waals surface area contributed by atoms with Gasteiger partial charge in [0.05, 0.1) is 16.9 Å². The van der Waals surface area contributed by atoms with Crippen molar-refractivity contribution in [3.63, 3.8) is 0 Å². The number of aromatic amines is 1. The summed E-state index contributed by atoms with van der Waals surface area (Å²) in [4.78, 5) is 57.3. The van der Waals surface area contributed by atoms with Gasteiger partial charge in [0.25, 0.3) is 0 Å². The molecule has 3 fully saturated rings. The molecule has 12 heteroatoms. The number of aliphatic carboxylic acids is 1. The first-order valence-corrected chi connectivity index (χ1v) is 16.7. The number of benzene rings is 2. The molecule has 1 saturated heterocycles. The van der Waals surface area contributed by atoms with E-state index in [0.717, 1.165) is 37.3 Å². The first-order valence-electron chi connectivity index (χ1n) is 14.2. The summed E-state index contributed by atoms with van der Waals surface area (Å²) in [5.74, 6) is -3.52. The van der Waals surface area contributed by atoms with Gasteiger partial charge in [-0.1, -0.05) is 60.5 Å². The molecule has 224 valence electrons. The number of H-pyrrole nitrogens is 1. The fourth-order valence-electron chi connectivity index (χ4n) is 7.99. The van der Waals surface area contributed by atoms with E-state index in [0.29, 0.717) is 28.8 Å². The van der Waals surface area contributed by atoms with Crippen LogP contribution in [0.25, 0.3) is 0 Å². The van der Waals surface area contributed by atoms with Gasteiger partial charge in [0, 0.05) is 31.7 Å². The third-order valence-electron chi connectivity index (χ3n) is 9.54. The van der Waals surface area contributed by atoms with E-state index in [1.807, 2.05) is 24.3 Å². The molecule has 2 aromatic carbocycles. The lowest BCUT2D eigenvalue weighted by atomic mass is 9.68. The molecule has 7 unspecified atom stereocenters. The zero-order valence-electron chi connectivity index (χ0n) is 23.2. The number of aromatic nitrogens is 1. The number of ether oxygens (including phenoxy) is 1. The van der Waals surface area contributed by atoms with Gasteiger partial charge in [-0.25, -0.2) is 4.79 Å². The van der Waals surface area contributed by atoms with Crippen LogP contribution >= 0.6 is 46.3 Å². The number of imide groups is 1. The third-order valence-corrected chi connectivity index (χ3v) is 12.6. The van der Waals surface area contributed by atoms with Crippen molar-refractivity contribution in [2.75, 3.05) is 0 Å². The Balaban J connectivity index is 1.29. The summed E-state index contributed by atoms with van der Waals surface area (Å²) in [6.45, 7) is 3.72. The van der Waals surface area contributed by atoms with Crippen LogP contribution in [-0.4, -0.2) is 44.1 Å². The zero-order valence-corrected chi connectivity index (χ0v) is 26.3. The third kappa shape index (κ3) is 4.55. The van der Waals surface area contributed by atoms with Crippen LogP contribution in [0.2, 0.25) is 10.0 Å². The zero-order chi connectivity index (χ0) is 30.3. The van der Waals surface area contributed by atoms with Crippen molar-refractivity contribution in [1.82, 2.24) is 9.88 Å². The number of nitrogens with one attached hydrogen (secondary N) is 1. The van der Waals surface area contributed by atoms with Crippen LogP contribution in [0.5, 0.6) is 5.75 Å². The molecular weight excluding hydrogens is 631 g/mol. The average molecular weight is 660 g/mol. The summed E-state index contributed by atoms with van der Waals surface area (Å²) in [5, 5.41) is 11.8. The second-order valence-electron chi connectivity index (χ2n) is 12.1. The maximum absolute atomic E-state index is 13.9. The molecule has 7 rings (SSSR count). The lowest BCUT2D eigenvalue weighted by Crippen LogP contribution is -2.49. The minimum atomic E-state index is -1.20. The summed E-state index contributed by atoms with van der Waals surface area (Å²) in [6, 6.07) is 11.7. The highest BCUT2D eigenvalue weighted by Gasteiger charge is 2.70. The minimum Gasteiger partial charge on any atom is -0.489 e. The lowest BCUT2D eigenvalue weighted by molar-refractivity contribution is -0.157. The van der Waals surface area contributed by atoms with Crippen molar-refractivity contribution in [3.8, 4) is 5.75 Å². The molecule has 2 aliphatic carbocycles. The average Bonchev–Trinajstić information content (AvgIpc) is 3.69. The van der Waals surface area contributed by atoms with E-state index in [-0.39, 0.29) is 45.6 Å². The predicted molar refractivity (Wildman–Crippen MR) is 164 cm³/mol. The topological polar surface area (TPSA) is 117 Å². The monoisotopic (exact) mass is 658 g/mol. The van der Waals surface area contributed by atoms with E-state index in [4.69, 9.17) is 27.9 Å². The Morgan fingerprint density at radius 3 is 2.40 bits per heavy atom. The molecule has 0 spiro atoms. The van der Waals surface area contributed by atoms with Crippen LogP contribution in [0.15, 0.2) is 52.3 Å². The molecule has 1 aromatic heterocycles. The molecule has 3 heterocycles. The second-order valence-corrected chi connectivity index (χ2v) is 15.2. The van der Waals surface area contributed by atoms with Gasteiger partial charge in [-0.05, 0) is 66.0 Å². The number of fused-ring (bicyclic) bond motifs is 9. The van der Waals surface area contributed by atoms with Crippen molar-refractivity contribution in [2.45, 2.75) is 49.1 Å². The highest BCUT2D eigenvalue weighted by molar-refractivity contribution is 8.00. The maximum atomic E-state index is 13.9. The van der Waals surface area contributed by atoms with Crippen LogP contribution in [0.4, 0.5) is 0 Å². The molecule has 43 heavy (non-hydrogen) atoms. The standard InChI is InChI=1S/C31H28Cl2N2O6S2/c1-12(2)24(30(38)39)35-28(36)22-17-10-18(23(22)29(35)37)25-21(17)20(26-27(42-25)34-31(40)43-26)16-9-15(33)7-8-19(16)41-11-13-3-5-14(32)6-4-13/h3-9,12,17-18,20-25H,10-11H2,1-2H3,(H,34,40)(H,38,39)/t17?,18?,20-,21?,22?,23?,24?,25?/m1/s1. The molecule has 8 nitrogen and oxygen atoms in total. The molecule has 2 amide bonds. The van der Waals surface area contributed by atoms with Crippen LogP contribution in [-0.2, 0) is 21.0 Å². The fourth-order valence-corrected chi connectivity index (χ4v) is 11.2. The quantitative estimate of drug-likeness (QED) is 0.303. The number of likely N-dealkylation sites (tertiary alicyclic amines) is 1. The number of hydrogen-bond acceptors (Lipinski definition) is 7. The summed E-state index contributed by atoms with van der Waals surface area (Å²) in [5.41, 5.74) is 1.77. The fraction of sp³-hybridized carbons (Fsp3) is 0.419. The van der Waals surface area contributed by atoms with Crippen molar-refractivity contribution in [3.05, 3.63) is 78.2 Å². The van der Waals surface area contributed by atoms with Crippen LogP contribution in [0.3, 0.4) is 0 Å². The second kappa shape index (κ2) is 10.7. The van der Waals surface area contributed by atoms with Crippen molar-refractivity contribution in [2.24, 2.45) is 35.5 Å². The molecule has 4 aliphatic rings. The van der Waals surface area contributed by atoms with E-state index in [1.54, 1.807) is 43.8 Å². The van der Waals surface area contributed by atoms with Gasteiger partial charge in [-0.3, -0.25) is 19.3 Å². The van der Waals surface area contributed by atoms with Gasteiger partial charge in [0.2, 0.25) is 11.8 Å². The number of hydrogen-bond donors (Lipinski definition) is 2. The molecular formula is C31H28Cl2N2O6S2. The highest BCUT2D eigenvalue weighted by Crippen LogP contribution is 2.69. The molecule has 3 aromatic rings. The number of carbonyl (C=O) groups excluding carboxylic acids is 2. The number of amides is 2. The molecule has 0 radical (unpaired) electrons. The Morgan fingerprint density at radius 2 is 1.72 bits per heavy atom. The smallest absolute Gasteiger partial charge is 0.327 e. The number of thiazole rings is 1. The Kier molecular flexibility index (Phi) is 7.19. The molecule has 2 bridgehead atoms. The number of carbonyl (C=O) groups is 3. The van der Waals surface area contributed by atoms with E-state index < -0.39 is 29.8 Å². The number of nitrogens with zero attached hydrogens (tertiary/aromatic N) is 1. The number of rotatable bonds is 7. The summed E-state index contributed by atoms with van der Waals surface area (Å²) < 4.78 is 6.36. The first kappa shape index (κ1) is 29.0. The van der Waals surface area contributed by atoms with E-state index in [2.05, 4.69) is 4.98 Å². The number of carboxylic acids is 1. The number of carboxylic acid groups (broad SMARTS) is 1. The minimum absolute atomic E-state index is 0.0453. The van der Waals surface area contributed by atoms with Gasteiger partial charge < -0.3 is 14.8 Å². The van der Waals surface area contributed by atoms with Crippen molar-refractivity contribution < 1.29 is 24.2 Å². The summed E-state index contributed by atoms with van der Waals surface area (Å²) in [7, 11) is 0. The molecule has 2 aliphatic heterocycles. The number of halogens is 2. The molecule has 2 saturated carbocycles. The van der Waals surface area contributed by atoms with E-state index >= 15 is 0 Å². The Labute approximate surface area is 265 Å². The number of thioether (sulfide) groups is 1. The Bertz CT molecular complexity index is 1700. The van der Waals surface area contributed by atoms with Gasteiger partial charge in [0.15, 0.2) is 0 Å². The Morgan fingerprint density at radius 1 is 1.05 bits per heavy atom. The summed E-state index contributed by atoms with van der Waals surface area (Å²) >= 11 is 15.4. The van der Waals surface area contributed by atoms with Gasteiger partial charge in [-0.2, -0.15) is 0 Å². The van der Waals surface area contributed by atoms with Gasteiger partial charge in [0.1, 0.15) is 18.4 Å². The van der Waals surface area contributed by atoms with Gasteiger partial charge in [-0.15, -0.1) is 11.8 Å². The molecule has 8 atom stereocenters. The SMILES string of the molecule is CC(C)C(C(=O)O)N1C(=O)C2C3CC(C2C1=O)C1C3Sc2[nH]c(=O)sc2[C@@H]1c1cc(Cl)ccc1OCc1ccc(Cl)cc1. The highest BCUT2D eigenvalue weighted by atomic mass is 35.5.